The molecule has 0 radical (unpaired) electrons. The molecule has 3 aromatic carbocycles. The number of rotatable bonds is 6. The van der Waals surface area contributed by atoms with Crippen LogP contribution >= 0.6 is 46.4 Å². The van der Waals surface area contributed by atoms with Crippen molar-refractivity contribution in [3.8, 4) is 0 Å². The van der Waals surface area contributed by atoms with Gasteiger partial charge in [0, 0.05) is 31.9 Å². The Labute approximate surface area is 203 Å². The van der Waals surface area contributed by atoms with Crippen molar-refractivity contribution in [2.24, 2.45) is 10.2 Å². The molecule has 4 aromatic rings. The average molecular weight is 504 g/mol. The zero-order valence-corrected chi connectivity index (χ0v) is 19.3. The SMILES string of the molecule is Clc1ccc(/C=N\Nc2nnc(N/N=C\c3ccc(Cl)cc3Cl)c3ccccc23)c(Cl)c1. The minimum Gasteiger partial charge on any atom is -0.259 e. The van der Waals surface area contributed by atoms with Gasteiger partial charge < -0.3 is 0 Å². The zero-order valence-electron chi connectivity index (χ0n) is 16.2. The molecule has 0 bridgehead atoms. The van der Waals surface area contributed by atoms with Crippen LogP contribution in [-0.4, -0.2) is 22.6 Å². The summed E-state index contributed by atoms with van der Waals surface area (Å²) in [6.45, 7) is 0. The third kappa shape index (κ3) is 5.29. The van der Waals surface area contributed by atoms with Gasteiger partial charge in [-0.2, -0.15) is 10.2 Å². The maximum Gasteiger partial charge on any atom is 0.176 e. The highest BCUT2D eigenvalue weighted by Gasteiger charge is 2.08. The van der Waals surface area contributed by atoms with Crippen molar-refractivity contribution in [1.82, 2.24) is 10.2 Å². The summed E-state index contributed by atoms with van der Waals surface area (Å²) in [4.78, 5) is 0. The summed E-state index contributed by atoms with van der Waals surface area (Å²) in [6.07, 6.45) is 3.17. The van der Waals surface area contributed by atoms with Gasteiger partial charge >= 0.3 is 0 Å². The van der Waals surface area contributed by atoms with Gasteiger partial charge in [-0.05, 0) is 24.3 Å². The number of hydrazone groups is 2. The number of aromatic nitrogens is 2. The van der Waals surface area contributed by atoms with E-state index in [-0.39, 0.29) is 0 Å². The summed E-state index contributed by atoms with van der Waals surface area (Å²) in [5.74, 6) is 0.967. The summed E-state index contributed by atoms with van der Waals surface area (Å²) in [6, 6.07) is 17.9. The molecule has 0 amide bonds. The van der Waals surface area contributed by atoms with Gasteiger partial charge in [0.15, 0.2) is 11.6 Å². The summed E-state index contributed by atoms with van der Waals surface area (Å²) in [7, 11) is 0. The third-order valence-corrected chi connectivity index (χ3v) is 5.49. The van der Waals surface area contributed by atoms with Crippen molar-refractivity contribution in [3.63, 3.8) is 0 Å². The maximum atomic E-state index is 6.17. The Morgan fingerprint density at radius 2 is 1.06 bits per heavy atom. The van der Waals surface area contributed by atoms with Crippen LogP contribution in [-0.2, 0) is 0 Å². The maximum absolute atomic E-state index is 6.17. The summed E-state index contributed by atoms with van der Waals surface area (Å²) < 4.78 is 0. The van der Waals surface area contributed by atoms with Gasteiger partial charge in [-0.3, -0.25) is 10.9 Å². The number of nitrogens with zero attached hydrogens (tertiary/aromatic N) is 4. The van der Waals surface area contributed by atoms with Gasteiger partial charge in [0.1, 0.15) is 0 Å². The largest absolute Gasteiger partial charge is 0.259 e. The molecule has 4 rings (SSSR count). The van der Waals surface area contributed by atoms with E-state index in [0.29, 0.717) is 42.9 Å². The molecular weight excluding hydrogens is 490 g/mol. The van der Waals surface area contributed by atoms with E-state index in [9.17, 15) is 0 Å². The van der Waals surface area contributed by atoms with Gasteiger partial charge in [-0.15, -0.1) is 10.2 Å². The Bertz CT molecular complexity index is 1240. The van der Waals surface area contributed by atoms with Crippen LogP contribution in [0.1, 0.15) is 11.1 Å². The number of fused-ring (bicyclic) bond motifs is 1. The number of benzene rings is 3. The Hall–Kier alpha value is -2.90. The van der Waals surface area contributed by atoms with Crippen molar-refractivity contribution >= 4 is 81.2 Å². The van der Waals surface area contributed by atoms with Crippen LogP contribution in [0.25, 0.3) is 10.8 Å². The van der Waals surface area contributed by atoms with Crippen LogP contribution in [0.2, 0.25) is 20.1 Å². The minimum atomic E-state index is 0.484. The standard InChI is InChI=1S/C22H14Cl4N6/c23-15-7-5-13(19(25)9-15)11-27-29-21-17-3-1-2-4-18(17)22(32-31-21)30-28-12-14-6-8-16(24)10-20(14)26/h1-12H,(H,29,31)(H,30,32)/b27-11-,28-12-. The molecule has 1 heterocycles. The first kappa shape index (κ1) is 22.3. The molecule has 0 saturated heterocycles. The van der Waals surface area contributed by atoms with E-state index >= 15 is 0 Å². The summed E-state index contributed by atoms with van der Waals surface area (Å²) in [5, 5.41) is 20.6. The van der Waals surface area contributed by atoms with Crippen molar-refractivity contribution in [2.75, 3.05) is 10.9 Å². The smallest absolute Gasteiger partial charge is 0.176 e. The lowest BCUT2D eigenvalue weighted by atomic mass is 10.2. The normalized spacial score (nSPS) is 11.5. The lowest BCUT2D eigenvalue weighted by Gasteiger charge is -2.08. The third-order valence-electron chi connectivity index (χ3n) is 4.36. The second kappa shape index (κ2) is 10.1. The van der Waals surface area contributed by atoms with Crippen LogP contribution in [0.3, 0.4) is 0 Å². The summed E-state index contributed by atoms with van der Waals surface area (Å²) >= 11 is 24.2. The monoisotopic (exact) mass is 502 g/mol. The first-order valence-electron chi connectivity index (χ1n) is 9.25. The number of hydrogen-bond donors (Lipinski definition) is 2. The van der Waals surface area contributed by atoms with Gasteiger partial charge in [0.2, 0.25) is 0 Å². The van der Waals surface area contributed by atoms with Crippen molar-refractivity contribution in [2.45, 2.75) is 0 Å². The van der Waals surface area contributed by atoms with Crippen LogP contribution < -0.4 is 10.9 Å². The Balaban J connectivity index is 1.54. The van der Waals surface area contributed by atoms with Crippen molar-refractivity contribution < 1.29 is 0 Å². The fourth-order valence-corrected chi connectivity index (χ4v) is 3.72. The molecule has 1 aromatic heterocycles. The van der Waals surface area contributed by atoms with Gasteiger partial charge in [-0.1, -0.05) is 82.8 Å². The molecule has 0 fully saturated rings. The van der Waals surface area contributed by atoms with E-state index in [0.717, 1.165) is 10.8 Å². The Kier molecular flexibility index (Phi) is 7.07. The predicted molar refractivity (Wildman–Crippen MR) is 135 cm³/mol. The highest BCUT2D eigenvalue weighted by Crippen LogP contribution is 2.26. The Morgan fingerprint density at radius 1 is 0.625 bits per heavy atom. The molecule has 0 aliphatic carbocycles. The van der Waals surface area contributed by atoms with E-state index in [4.69, 9.17) is 46.4 Å². The molecule has 0 aliphatic heterocycles. The number of anilines is 2. The van der Waals surface area contributed by atoms with Gasteiger partial charge in [-0.25, -0.2) is 0 Å². The molecule has 0 unspecified atom stereocenters. The van der Waals surface area contributed by atoms with Crippen molar-refractivity contribution in [3.05, 3.63) is 91.9 Å². The molecule has 0 atom stereocenters. The quantitative estimate of drug-likeness (QED) is 0.216. The Morgan fingerprint density at radius 3 is 1.47 bits per heavy atom. The number of nitrogens with one attached hydrogen (secondary N) is 2. The van der Waals surface area contributed by atoms with Crippen LogP contribution in [0, 0.1) is 0 Å². The molecule has 10 heteroatoms. The highest BCUT2D eigenvalue weighted by atomic mass is 35.5. The molecule has 6 nitrogen and oxygen atoms in total. The minimum absolute atomic E-state index is 0.484. The van der Waals surface area contributed by atoms with E-state index in [1.165, 1.54) is 0 Å². The molecule has 0 saturated carbocycles. The molecule has 0 spiro atoms. The molecule has 2 N–H and O–H groups in total. The van der Waals surface area contributed by atoms with E-state index in [1.807, 2.05) is 24.3 Å². The molecule has 160 valence electrons. The first-order valence-corrected chi connectivity index (χ1v) is 10.8. The lowest BCUT2D eigenvalue weighted by molar-refractivity contribution is 1.03. The summed E-state index contributed by atoms with van der Waals surface area (Å²) in [5.41, 5.74) is 7.25. The molecule has 32 heavy (non-hydrogen) atoms. The van der Waals surface area contributed by atoms with E-state index in [1.54, 1.807) is 48.8 Å². The van der Waals surface area contributed by atoms with Gasteiger partial charge in [0.05, 0.1) is 22.5 Å². The van der Waals surface area contributed by atoms with Crippen LogP contribution in [0.5, 0.6) is 0 Å². The second-order valence-corrected chi connectivity index (χ2v) is 8.20. The zero-order chi connectivity index (χ0) is 22.5. The fraction of sp³-hybridized carbons (Fsp3) is 0. The fourth-order valence-electron chi connectivity index (χ4n) is 2.81. The molecule has 0 aliphatic rings. The van der Waals surface area contributed by atoms with Crippen molar-refractivity contribution in [1.29, 1.82) is 0 Å². The second-order valence-electron chi connectivity index (χ2n) is 6.51. The predicted octanol–water partition coefficient (Wildman–Crippen LogP) is 7.14. The van der Waals surface area contributed by atoms with E-state index in [2.05, 4.69) is 31.3 Å². The lowest BCUT2D eigenvalue weighted by Crippen LogP contribution is -2.01. The molecular formula is C22H14Cl4N6. The average Bonchev–Trinajstić information content (AvgIpc) is 2.77. The van der Waals surface area contributed by atoms with Crippen LogP contribution in [0.15, 0.2) is 70.9 Å². The number of halogens is 4. The van der Waals surface area contributed by atoms with E-state index < -0.39 is 0 Å². The van der Waals surface area contributed by atoms with Crippen LogP contribution in [0.4, 0.5) is 11.6 Å². The highest BCUT2D eigenvalue weighted by molar-refractivity contribution is 6.36. The topological polar surface area (TPSA) is 74.6 Å². The van der Waals surface area contributed by atoms with Gasteiger partial charge in [0.25, 0.3) is 0 Å². The number of hydrogen-bond acceptors (Lipinski definition) is 6. The first-order chi connectivity index (χ1) is 15.5.